The summed E-state index contributed by atoms with van der Waals surface area (Å²) in [6.45, 7) is 0. The summed E-state index contributed by atoms with van der Waals surface area (Å²) < 4.78 is 24.9. The van der Waals surface area contributed by atoms with E-state index in [4.69, 9.17) is 11.6 Å². The Hall–Kier alpha value is -0.640. The second-order valence-electron chi connectivity index (χ2n) is 1.82. The van der Waals surface area contributed by atoms with Crippen LogP contribution in [0.5, 0.6) is 0 Å². The highest BCUT2D eigenvalue weighted by Gasteiger charge is 2.12. The summed E-state index contributed by atoms with van der Waals surface area (Å²) in [6, 6.07) is 1.15. The van der Waals surface area contributed by atoms with Crippen LogP contribution in [0.3, 0.4) is 0 Å². The minimum atomic E-state index is -2.51. The number of nitrogens with zero attached hydrogens (tertiary/aromatic N) is 2. The number of hydrogen-bond donors (Lipinski definition) is 0. The zero-order valence-electron chi connectivity index (χ0n) is 5.18. The minimum absolute atomic E-state index is 0.0952. The van der Waals surface area contributed by atoms with E-state index in [1.54, 1.807) is 0 Å². The fourth-order valence-electron chi connectivity index (χ4n) is 0.650. The third kappa shape index (κ3) is 1.26. The normalized spacial score (nSPS) is 10.9. The van der Waals surface area contributed by atoms with E-state index in [1.165, 1.54) is 7.05 Å². The van der Waals surface area contributed by atoms with Crippen LogP contribution in [0.25, 0.3) is 0 Å². The van der Waals surface area contributed by atoms with Crippen molar-refractivity contribution in [2.24, 2.45) is 7.05 Å². The van der Waals surface area contributed by atoms with Crippen molar-refractivity contribution in [3.63, 3.8) is 0 Å². The molecule has 1 aromatic rings. The highest BCUT2D eigenvalue weighted by atomic mass is 35.5. The lowest BCUT2D eigenvalue weighted by molar-refractivity contribution is 0.141. The van der Waals surface area contributed by atoms with Crippen LogP contribution in [0.1, 0.15) is 12.1 Å². The van der Waals surface area contributed by atoms with Gasteiger partial charge in [0.25, 0.3) is 6.43 Å². The van der Waals surface area contributed by atoms with Crippen LogP contribution in [0.2, 0.25) is 5.15 Å². The first-order valence-electron chi connectivity index (χ1n) is 2.59. The lowest BCUT2D eigenvalue weighted by atomic mass is 10.4. The van der Waals surface area contributed by atoms with Crippen LogP contribution in [0.4, 0.5) is 8.78 Å². The maximum Gasteiger partial charge on any atom is 0.280 e. The fourth-order valence-corrected chi connectivity index (χ4v) is 0.875. The number of halogens is 3. The summed E-state index contributed by atoms with van der Waals surface area (Å²) in [7, 11) is 1.42. The van der Waals surface area contributed by atoms with Crippen molar-refractivity contribution in [1.29, 1.82) is 0 Å². The largest absolute Gasteiger partial charge is 0.280 e. The van der Waals surface area contributed by atoms with Gasteiger partial charge in [0.2, 0.25) is 0 Å². The van der Waals surface area contributed by atoms with Gasteiger partial charge in [0.05, 0.1) is 0 Å². The standard InChI is InChI=1S/C5H5ClF2N2/c1-10-3(5(7)8)2-4(6)9-10/h2,5H,1H3. The summed E-state index contributed by atoms with van der Waals surface area (Å²) in [4.78, 5) is 0. The summed E-state index contributed by atoms with van der Waals surface area (Å²) >= 11 is 5.34. The molecule has 0 bridgehead atoms. The Balaban J connectivity index is 3.03. The molecule has 10 heavy (non-hydrogen) atoms. The molecule has 1 aromatic heterocycles. The molecule has 0 aliphatic carbocycles. The molecule has 0 saturated carbocycles. The average molecular weight is 167 g/mol. The van der Waals surface area contributed by atoms with Crippen LogP contribution in [-0.4, -0.2) is 9.78 Å². The van der Waals surface area contributed by atoms with Crippen molar-refractivity contribution in [1.82, 2.24) is 9.78 Å². The van der Waals surface area contributed by atoms with Gasteiger partial charge < -0.3 is 0 Å². The van der Waals surface area contributed by atoms with Gasteiger partial charge in [0, 0.05) is 13.1 Å². The van der Waals surface area contributed by atoms with Crippen LogP contribution in [0.15, 0.2) is 6.07 Å². The molecule has 0 spiro atoms. The predicted molar refractivity (Wildman–Crippen MR) is 33.2 cm³/mol. The van der Waals surface area contributed by atoms with E-state index < -0.39 is 6.43 Å². The van der Waals surface area contributed by atoms with Crippen molar-refractivity contribution in [3.05, 3.63) is 16.9 Å². The summed E-state index contributed by atoms with van der Waals surface area (Å²) in [5, 5.41) is 3.63. The van der Waals surface area contributed by atoms with Gasteiger partial charge in [-0.1, -0.05) is 11.6 Å². The third-order valence-corrected chi connectivity index (χ3v) is 1.29. The molecule has 0 aliphatic heterocycles. The molecule has 56 valence electrons. The van der Waals surface area contributed by atoms with Gasteiger partial charge in [-0.05, 0) is 0 Å². The van der Waals surface area contributed by atoms with E-state index >= 15 is 0 Å². The Morgan fingerprint density at radius 1 is 1.70 bits per heavy atom. The van der Waals surface area contributed by atoms with Crippen LogP contribution in [-0.2, 0) is 7.05 Å². The monoisotopic (exact) mass is 166 g/mol. The average Bonchev–Trinajstić information content (AvgIpc) is 2.10. The Morgan fingerprint density at radius 3 is 2.50 bits per heavy atom. The molecule has 0 fully saturated rings. The first-order chi connectivity index (χ1) is 4.61. The third-order valence-electron chi connectivity index (χ3n) is 1.11. The van der Waals surface area contributed by atoms with Gasteiger partial charge in [0.1, 0.15) is 5.69 Å². The van der Waals surface area contributed by atoms with Gasteiger partial charge in [-0.25, -0.2) is 8.78 Å². The van der Waals surface area contributed by atoms with E-state index in [0.717, 1.165) is 10.7 Å². The van der Waals surface area contributed by atoms with Gasteiger partial charge >= 0.3 is 0 Å². The molecular formula is C5H5ClF2N2. The molecule has 0 amide bonds. The molecule has 0 atom stereocenters. The Labute approximate surface area is 61.4 Å². The van der Waals surface area contributed by atoms with Crippen molar-refractivity contribution in [3.8, 4) is 0 Å². The van der Waals surface area contributed by atoms with Crippen molar-refractivity contribution >= 4 is 11.6 Å². The molecule has 1 heterocycles. The van der Waals surface area contributed by atoms with Crippen LogP contribution >= 0.6 is 11.6 Å². The van der Waals surface area contributed by atoms with Crippen molar-refractivity contribution in [2.45, 2.75) is 6.43 Å². The van der Waals surface area contributed by atoms with Crippen molar-refractivity contribution in [2.75, 3.05) is 0 Å². The highest BCUT2D eigenvalue weighted by molar-refractivity contribution is 6.29. The Kier molecular flexibility index (Phi) is 1.89. The Morgan fingerprint density at radius 2 is 2.30 bits per heavy atom. The second kappa shape index (κ2) is 2.54. The number of aromatic nitrogens is 2. The zero-order chi connectivity index (χ0) is 7.72. The first kappa shape index (κ1) is 7.47. The molecule has 0 saturated heterocycles. The van der Waals surface area contributed by atoms with E-state index in [2.05, 4.69) is 5.10 Å². The summed E-state index contributed by atoms with van der Waals surface area (Å²) in [5.74, 6) is 0. The molecule has 0 unspecified atom stereocenters. The molecule has 2 nitrogen and oxygen atoms in total. The molecule has 0 aliphatic rings. The van der Waals surface area contributed by atoms with Crippen molar-refractivity contribution < 1.29 is 8.78 Å². The smallest absolute Gasteiger partial charge is 0.265 e. The zero-order valence-corrected chi connectivity index (χ0v) is 5.94. The molecule has 0 radical (unpaired) electrons. The molecule has 0 N–H and O–H groups in total. The van der Waals surface area contributed by atoms with E-state index in [0.29, 0.717) is 0 Å². The van der Waals surface area contributed by atoms with E-state index in [-0.39, 0.29) is 10.8 Å². The van der Waals surface area contributed by atoms with Crippen LogP contribution < -0.4 is 0 Å². The highest BCUT2D eigenvalue weighted by Crippen LogP contribution is 2.20. The lowest BCUT2D eigenvalue weighted by Crippen LogP contribution is -1.97. The topological polar surface area (TPSA) is 17.8 Å². The molecular weight excluding hydrogens is 162 g/mol. The summed E-state index contributed by atoms with van der Waals surface area (Å²) in [6.07, 6.45) is -2.51. The number of hydrogen-bond acceptors (Lipinski definition) is 1. The molecule has 5 heteroatoms. The predicted octanol–water partition coefficient (Wildman–Crippen LogP) is 2.01. The first-order valence-corrected chi connectivity index (χ1v) is 2.96. The number of rotatable bonds is 1. The number of aryl methyl sites for hydroxylation is 1. The quantitative estimate of drug-likeness (QED) is 0.624. The SMILES string of the molecule is Cn1nc(Cl)cc1C(F)F. The lowest BCUT2D eigenvalue weighted by Gasteiger charge is -1.96. The van der Waals surface area contributed by atoms with Gasteiger partial charge in [0.15, 0.2) is 5.15 Å². The number of alkyl halides is 2. The fraction of sp³-hybridized carbons (Fsp3) is 0.400. The minimum Gasteiger partial charge on any atom is -0.265 e. The molecule has 0 aromatic carbocycles. The van der Waals surface area contributed by atoms with Crippen LogP contribution in [0, 0.1) is 0 Å². The summed E-state index contributed by atoms with van der Waals surface area (Å²) in [5.41, 5.74) is -0.162. The van der Waals surface area contributed by atoms with E-state index in [9.17, 15) is 8.78 Å². The Bertz CT molecular complexity index is 234. The van der Waals surface area contributed by atoms with E-state index in [1.807, 2.05) is 0 Å². The molecule has 1 rings (SSSR count). The second-order valence-corrected chi connectivity index (χ2v) is 2.20. The van der Waals surface area contributed by atoms with Gasteiger partial charge in [-0.15, -0.1) is 0 Å². The van der Waals surface area contributed by atoms with Gasteiger partial charge in [-0.3, -0.25) is 4.68 Å². The maximum atomic E-state index is 11.9. The van der Waals surface area contributed by atoms with Gasteiger partial charge in [-0.2, -0.15) is 5.10 Å². The maximum absolute atomic E-state index is 11.9.